The van der Waals surface area contributed by atoms with Gasteiger partial charge >= 0.3 is 0 Å². The summed E-state index contributed by atoms with van der Waals surface area (Å²) in [5.41, 5.74) is 1.36. The first-order valence-corrected chi connectivity index (χ1v) is 10.7. The number of rotatable bonds is 8. The summed E-state index contributed by atoms with van der Waals surface area (Å²) >= 11 is 1.33. The van der Waals surface area contributed by atoms with E-state index in [9.17, 15) is 9.18 Å². The molecule has 1 fully saturated rings. The third kappa shape index (κ3) is 4.71. The lowest BCUT2D eigenvalue weighted by atomic mass is 10.1. The molecule has 2 aromatic carbocycles. The van der Waals surface area contributed by atoms with Gasteiger partial charge in [-0.1, -0.05) is 23.9 Å². The van der Waals surface area contributed by atoms with Crippen LogP contribution in [0.3, 0.4) is 0 Å². The van der Waals surface area contributed by atoms with Crippen LogP contribution in [0.15, 0.2) is 53.7 Å². The van der Waals surface area contributed by atoms with Crippen molar-refractivity contribution in [1.82, 2.24) is 14.8 Å². The van der Waals surface area contributed by atoms with Crippen molar-refractivity contribution in [3.8, 4) is 17.1 Å². The molecule has 4 rings (SSSR count). The number of carbonyl (C=O) groups excluding carboxylic acids is 1. The zero-order chi connectivity index (χ0) is 20.9. The van der Waals surface area contributed by atoms with Gasteiger partial charge in [-0.2, -0.15) is 0 Å². The second-order valence-corrected chi connectivity index (χ2v) is 7.95. The largest absolute Gasteiger partial charge is 0.497 e. The molecule has 1 aliphatic heterocycles. The van der Waals surface area contributed by atoms with Crippen LogP contribution in [0, 0.1) is 5.82 Å². The molecule has 0 N–H and O–H groups in total. The molecule has 3 aromatic rings. The molecule has 0 aliphatic carbocycles. The number of Topliss-reactive ketones (excluding diaryl/α,β-unsaturated/α-hetero) is 1. The molecule has 1 aromatic heterocycles. The van der Waals surface area contributed by atoms with E-state index in [1.165, 1.54) is 23.9 Å². The Bertz CT molecular complexity index is 1020. The van der Waals surface area contributed by atoms with E-state index in [4.69, 9.17) is 9.47 Å². The summed E-state index contributed by atoms with van der Waals surface area (Å²) in [6.45, 7) is 1.34. The Morgan fingerprint density at radius 1 is 1.27 bits per heavy atom. The summed E-state index contributed by atoms with van der Waals surface area (Å²) in [6, 6.07) is 13.3. The van der Waals surface area contributed by atoms with Gasteiger partial charge < -0.3 is 9.47 Å². The van der Waals surface area contributed by atoms with Gasteiger partial charge in [0, 0.05) is 17.7 Å². The Kier molecular flexibility index (Phi) is 6.44. The molecule has 0 spiro atoms. The van der Waals surface area contributed by atoms with Crippen molar-refractivity contribution in [1.29, 1.82) is 0 Å². The van der Waals surface area contributed by atoms with Gasteiger partial charge in [0.1, 0.15) is 11.6 Å². The van der Waals surface area contributed by atoms with Crippen molar-refractivity contribution in [2.24, 2.45) is 0 Å². The average Bonchev–Trinajstić information content (AvgIpc) is 3.43. The highest BCUT2D eigenvalue weighted by molar-refractivity contribution is 7.99. The van der Waals surface area contributed by atoms with Gasteiger partial charge in [-0.15, -0.1) is 10.2 Å². The SMILES string of the molecule is COc1cccc(C(=O)CSc2nnc(-c3ccc(F)cc3)n2CC2CCCO2)c1. The lowest BCUT2D eigenvalue weighted by Gasteiger charge is -2.14. The smallest absolute Gasteiger partial charge is 0.192 e. The van der Waals surface area contributed by atoms with Crippen LogP contribution < -0.4 is 4.74 Å². The summed E-state index contributed by atoms with van der Waals surface area (Å²) < 4.78 is 26.3. The molecule has 30 heavy (non-hydrogen) atoms. The Balaban J connectivity index is 1.55. The van der Waals surface area contributed by atoms with Gasteiger partial charge in [0.15, 0.2) is 16.8 Å². The quantitative estimate of drug-likeness (QED) is 0.396. The predicted molar refractivity (Wildman–Crippen MR) is 112 cm³/mol. The minimum absolute atomic E-state index is 0.0195. The minimum atomic E-state index is -0.303. The Labute approximate surface area is 178 Å². The van der Waals surface area contributed by atoms with Gasteiger partial charge in [0.05, 0.1) is 25.5 Å². The van der Waals surface area contributed by atoms with Crippen molar-refractivity contribution in [3.63, 3.8) is 0 Å². The first-order valence-electron chi connectivity index (χ1n) is 9.75. The number of carbonyl (C=O) groups is 1. The second-order valence-electron chi connectivity index (χ2n) is 7.00. The molecule has 2 heterocycles. The topological polar surface area (TPSA) is 66.2 Å². The van der Waals surface area contributed by atoms with E-state index < -0.39 is 0 Å². The molecule has 0 saturated carbocycles. The normalized spacial score (nSPS) is 16.0. The summed E-state index contributed by atoms with van der Waals surface area (Å²) in [7, 11) is 1.57. The number of hydrogen-bond acceptors (Lipinski definition) is 6. The fourth-order valence-electron chi connectivity index (χ4n) is 3.37. The van der Waals surface area contributed by atoms with E-state index >= 15 is 0 Å². The third-order valence-corrected chi connectivity index (χ3v) is 5.92. The van der Waals surface area contributed by atoms with Gasteiger partial charge in [-0.3, -0.25) is 9.36 Å². The zero-order valence-electron chi connectivity index (χ0n) is 16.6. The van der Waals surface area contributed by atoms with Crippen LogP contribution in [0.2, 0.25) is 0 Å². The van der Waals surface area contributed by atoms with Crippen LogP contribution >= 0.6 is 11.8 Å². The summed E-state index contributed by atoms with van der Waals surface area (Å²) in [5.74, 6) is 1.18. The molecule has 6 nitrogen and oxygen atoms in total. The standard InChI is InChI=1S/C22H22FN3O3S/c1-28-18-5-2-4-16(12-18)20(27)14-30-22-25-24-21(15-7-9-17(23)10-8-15)26(22)13-19-6-3-11-29-19/h2,4-5,7-10,12,19H,3,6,11,13-14H2,1H3. The molecule has 8 heteroatoms. The molecule has 156 valence electrons. The molecule has 1 saturated heterocycles. The van der Waals surface area contributed by atoms with Crippen LogP contribution in [0.4, 0.5) is 4.39 Å². The molecule has 0 bridgehead atoms. The van der Waals surface area contributed by atoms with E-state index in [0.29, 0.717) is 28.8 Å². The summed E-state index contributed by atoms with van der Waals surface area (Å²) in [4.78, 5) is 12.7. The molecule has 0 radical (unpaired) electrons. The van der Waals surface area contributed by atoms with E-state index in [1.54, 1.807) is 43.5 Å². The van der Waals surface area contributed by atoms with Gasteiger partial charge in [0.25, 0.3) is 0 Å². The van der Waals surface area contributed by atoms with Crippen LogP contribution in [-0.4, -0.2) is 46.1 Å². The predicted octanol–water partition coefficient (Wildman–Crippen LogP) is 4.25. The number of halogens is 1. The molecular formula is C22H22FN3O3S. The van der Waals surface area contributed by atoms with E-state index in [0.717, 1.165) is 25.0 Å². The Hall–Kier alpha value is -2.71. The lowest BCUT2D eigenvalue weighted by molar-refractivity contribution is 0.0953. The molecular weight excluding hydrogens is 405 g/mol. The molecule has 0 amide bonds. The Morgan fingerprint density at radius 3 is 2.83 bits per heavy atom. The summed E-state index contributed by atoms with van der Waals surface area (Å²) in [6.07, 6.45) is 2.07. The van der Waals surface area contributed by atoms with Crippen molar-refractivity contribution < 1.29 is 18.7 Å². The number of benzene rings is 2. The number of thioether (sulfide) groups is 1. The van der Waals surface area contributed by atoms with E-state index in [1.807, 2.05) is 4.57 Å². The highest BCUT2D eigenvalue weighted by Gasteiger charge is 2.22. The highest BCUT2D eigenvalue weighted by Crippen LogP contribution is 2.27. The number of nitrogens with zero attached hydrogens (tertiary/aromatic N) is 3. The van der Waals surface area contributed by atoms with E-state index in [2.05, 4.69) is 10.2 Å². The lowest BCUT2D eigenvalue weighted by Crippen LogP contribution is -2.17. The zero-order valence-corrected chi connectivity index (χ0v) is 17.4. The molecule has 1 atom stereocenters. The maximum atomic E-state index is 13.3. The number of hydrogen-bond donors (Lipinski definition) is 0. The first kappa shape index (κ1) is 20.6. The van der Waals surface area contributed by atoms with Crippen LogP contribution in [0.25, 0.3) is 11.4 Å². The first-order chi connectivity index (χ1) is 14.6. The number of ether oxygens (including phenoxy) is 2. The van der Waals surface area contributed by atoms with Crippen LogP contribution in [-0.2, 0) is 11.3 Å². The maximum Gasteiger partial charge on any atom is 0.192 e. The van der Waals surface area contributed by atoms with Crippen molar-refractivity contribution in [2.45, 2.75) is 30.6 Å². The van der Waals surface area contributed by atoms with Gasteiger partial charge in [-0.05, 0) is 49.2 Å². The van der Waals surface area contributed by atoms with E-state index in [-0.39, 0.29) is 23.5 Å². The van der Waals surface area contributed by atoms with Crippen molar-refractivity contribution in [3.05, 3.63) is 59.9 Å². The molecule has 1 unspecified atom stereocenters. The van der Waals surface area contributed by atoms with Crippen molar-refractivity contribution >= 4 is 17.5 Å². The molecule has 1 aliphatic rings. The fourth-order valence-corrected chi connectivity index (χ4v) is 4.22. The van der Waals surface area contributed by atoms with Crippen LogP contribution in [0.1, 0.15) is 23.2 Å². The number of methoxy groups -OCH3 is 1. The summed E-state index contributed by atoms with van der Waals surface area (Å²) in [5, 5.41) is 9.26. The average molecular weight is 428 g/mol. The Morgan fingerprint density at radius 2 is 2.10 bits per heavy atom. The highest BCUT2D eigenvalue weighted by atomic mass is 32.2. The second kappa shape index (κ2) is 9.40. The minimum Gasteiger partial charge on any atom is -0.497 e. The number of aromatic nitrogens is 3. The van der Waals surface area contributed by atoms with Crippen molar-refractivity contribution in [2.75, 3.05) is 19.5 Å². The van der Waals surface area contributed by atoms with Gasteiger partial charge in [0.2, 0.25) is 0 Å². The van der Waals surface area contributed by atoms with Crippen LogP contribution in [0.5, 0.6) is 5.75 Å². The fraction of sp³-hybridized carbons (Fsp3) is 0.318. The number of ketones is 1. The maximum absolute atomic E-state index is 13.3. The third-order valence-electron chi connectivity index (χ3n) is 4.95. The monoisotopic (exact) mass is 427 g/mol. The van der Waals surface area contributed by atoms with Gasteiger partial charge in [-0.25, -0.2) is 4.39 Å².